The average Bonchev–Trinajstić information content (AvgIpc) is 2.03. The number of carboxylic acids is 2. The number of aliphatic carboxylic acids is 2. The van der Waals surface area contributed by atoms with Gasteiger partial charge in [-0.3, -0.25) is 0 Å². The van der Waals surface area contributed by atoms with Crippen LogP contribution in [0, 0.1) is 0 Å². The molecule has 5 N–H and O–H groups in total. The first-order chi connectivity index (χ1) is 5.88. The maximum atomic E-state index is 9.77. The van der Waals surface area contributed by atoms with Crippen LogP contribution in [-0.4, -0.2) is 56.3 Å². The molecule has 0 saturated heterocycles. The third-order valence-electron chi connectivity index (χ3n) is 0.805. The van der Waals surface area contributed by atoms with Gasteiger partial charge in [0, 0.05) is 23.7 Å². The van der Waals surface area contributed by atoms with E-state index in [9.17, 15) is 9.59 Å². The molecule has 2 unspecified atom stereocenters. The van der Waals surface area contributed by atoms with Gasteiger partial charge in [0.05, 0.1) is 0 Å². The molecule has 7 nitrogen and oxygen atoms in total. The van der Waals surface area contributed by atoms with E-state index in [4.69, 9.17) is 25.5 Å². The first-order valence-electron chi connectivity index (χ1n) is 3.31. The molecule has 0 aromatic heterocycles. The minimum absolute atomic E-state index is 0. The zero-order valence-electron chi connectivity index (χ0n) is 7.27. The van der Waals surface area contributed by atoms with Crippen molar-refractivity contribution >= 4 is 11.9 Å². The second-order valence-corrected chi connectivity index (χ2v) is 1.88. The van der Waals surface area contributed by atoms with Crippen molar-refractivity contribution in [3.05, 3.63) is 0 Å². The normalized spacial score (nSPS) is 12.6. The number of carbonyl (C=O) groups is 2. The standard InChI is InChI=1S/C4H6O6.C2H6O.Fe/c5-1(3(7)8)2(6)4(9)10;1-2-3;/h1-2,5-6H,(H,7,8)(H,9,10);3H,2H2,1H3;. The molecule has 0 saturated carbocycles. The number of aliphatic hydroxyl groups is 3. The number of aliphatic hydroxyl groups excluding tert-OH is 3. The summed E-state index contributed by atoms with van der Waals surface area (Å²) in [6, 6.07) is 0. The number of carboxylic acid groups (broad SMARTS) is 2. The molecular weight excluding hydrogens is 240 g/mol. The van der Waals surface area contributed by atoms with E-state index in [2.05, 4.69) is 0 Å². The Balaban J connectivity index is -0.000000267. The predicted octanol–water partition coefficient (Wildman–Crippen LogP) is -2.13. The fourth-order valence-corrected chi connectivity index (χ4v) is 0.270. The largest absolute Gasteiger partial charge is 0.479 e. The van der Waals surface area contributed by atoms with Gasteiger partial charge in [-0.2, -0.15) is 0 Å². The molecule has 0 aliphatic heterocycles. The van der Waals surface area contributed by atoms with Crippen LogP contribution in [0.1, 0.15) is 6.92 Å². The summed E-state index contributed by atoms with van der Waals surface area (Å²) >= 11 is 0. The maximum absolute atomic E-state index is 9.77. The Bertz CT molecular complexity index is 154. The molecule has 0 aromatic carbocycles. The van der Waals surface area contributed by atoms with Crippen molar-refractivity contribution in [2.75, 3.05) is 6.61 Å². The molecule has 0 rings (SSSR count). The first kappa shape index (κ1) is 19.0. The van der Waals surface area contributed by atoms with Gasteiger partial charge in [0.25, 0.3) is 0 Å². The third kappa shape index (κ3) is 9.43. The summed E-state index contributed by atoms with van der Waals surface area (Å²) in [5, 5.41) is 40.1. The molecule has 0 bridgehead atoms. The van der Waals surface area contributed by atoms with E-state index >= 15 is 0 Å². The van der Waals surface area contributed by atoms with Gasteiger partial charge in [-0.15, -0.1) is 0 Å². The van der Waals surface area contributed by atoms with Crippen LogP contribution in [0.25, 0.3) is 0 Å². The SMILES string of the molecule is CCO.O=C(O)C(O)C(O)C(=O)O.[Fe]. The third-order valence-corrected chi connectivity index (χ3v) is 0.805. The second-order valence-electron chi connectivity index (χ2n) is 1.88. The molecule has 2 atom stereocenters. The molecule has 0 heterocycles. The van der Waals surface area contributed by atoms with Gasteiger partial charge in [0.2, 0.25) is 0 Å². The molecule has 0 amide bonds. The van der Waals surface area contributed by atoms with Gasteiger partial charge in [-0.25, -0.2) is 9.59 Å². The van der Waals surface area contributed by atoms with E-state index in [0.717, 1.165) is 0 Å². The van der Waals surface area contributed by atoms with E-state index in [-0.39, 0.29) is 23.7 Å². The van der Waals surface area contributed by atoms with Gasteiger partial charge in [-0.1, -0.05) is 0 Å². The van der Waals surface area contributed by atoms with Gasteiger partial charge in [0.15, 0.2) is 12.2 Å². The molecule has 14 heavy (non-hydrogen) atoms. The average molecular weight is 252 g/mol. The molecule has 0 aliphatic rings. The Morgan fingerprint density at radius 1 is 1.07 bits per heavy atom. The van der Waals surface area contributed by atoms with Crippen LogP contribution < -0.4 is 0 Å². The zero-order valence-corrected chi connectivity index (χ0v) is 8.37. The minimum Gasteiger partial charge on any atom is -0.479 e. The number of rotatable bonds is 3. The van der Waals surface area contributed by atoms with Crippen LogP contribution in [0.4, 0.5) is 0 Å². The summed E-state index contributed by atoms with van der Waals surface area (Å²) < 4.78 is 0. The van der Waals surface area contributed by atoms with Gasteiger partial charge < -0.3 is 25.5 Å². The monoisotopic (exact) mass is 252 g/mol. The smallest absolute Gasteiger partial charge is 0.335 e. The number of hydrogen-bond donors (Lipinski definition) is 5. The topological polar surface area (TPSA) is 135 Å². The fraction of sp³-hybridized carbons (Fsp3) is 0.667. The van der Waals surface area contributed by atoms with Crippen molar-refractivity contribution < 1.29 is 52.2 Å². The van der Waals surface area contributed by atoms with Crippen molar-refractivity contribution in [1.82, 2.24) is 0 Å². The maximum Gasteiger partial charge on any atom is 0.335 e. The molecule has 8 heteroatoms. The van der Waals surface area contributed by atoms with Crippen molar-refractivity contribution in [3.8, 4) is 0 Å². The van der Waals surface area contributed by atoms with E-state index < -0.39 is 24.1 Å². The van der Waals surface area contributed by atoms with Crippen LogP contribution in [0.2, 0.25) is 0 Å². The predicted molar refractivity (Wildman–Crippen MR) is 40.0 cm³/mol. The molecule has 86 valence electrons. The van der Waals surface area contributed by atoms with Crippen molar-refractivity contribution in [2.24, 2.45) is 0 Å². The Morgan fingerprint density at radius 2 is 1.21 bits per heavy atom. The first-order valence-corrected chi connectivity index (χ1v) is 3.31. The van der Waals surface area contributed by atoms with Gasteiger partial charge >= 0.3 is 11.9 Å². The molecule has 0 aliphatic carbocycles. The Morgan fingerprint density at radius 3 is 1.29 bits per heavy atom. The van der Waals surface area contributed by atoms with E-state index in [1.165, 1.54) is 0 Å². The zero-order chi connectivity index (χ0) is 11.0. The van der Waals surface area contributed by atoms with Gasteiger partial charge in [0.1, 0.15) is 0 Å². The van der Waals surface area contributed by atoms with Crippen LogP contribution >= 0.6 is 0 Å². The summed E-state index contributed by atoms with van der Waals surface area (Å²) in [4.78, 5) is 19.5. The summed E-state index contributed by atoms with van der Waals surface area (Å²) in [5.41, 5.74) is 0. The van der Waals surface area contributed by atoms with Crippen molar-refractivity contribution in [2.45, 2.75) is 19.1 Å². The summed E-state index contributed by atoms with van der Waals surface area (Å²) in [6.45, 7) is 1.93. The number of hydrogen-bond acceptors (Lipinski definition) is 5. The molecule has 0 fully saturated rings. The Hall–Kier alpha value is -0.661. The minimum atomic E-state index is -2.27. The van der Waals surface area contributed by atoms with Crippen molar-refractivity contribution in [1.29, 1.82) is 0 Å². The Labute approximate surface area is 90.5 Å². The Kier molecular flexibility index (Phi) is 14.1. The van der Waals surface area contributed by atoms with Crippen LogP contribution in [0.15, 0.2) is 0 Å². The van der Waals surface area contributed by atoms with Crippen LogP contribution in [-0.2, 0) is 26.7 Å². The second kappa shape index (κ2) is 10.4. The molecule has 0 spiro atoms. The van der Waals surface area contributed by atoms with E-state index in [1.54, 1.807) is 6.92 Å². The summed E-state index contributed by atoms with van der Waals surface area (Å²) in [6.07, 6.45) is -4.53. The molecular formula is C6H12FeO7. The van der Waals surface area contributed by atoms with Crippen LogP contribution in [0.5, 0.6) is 0 Å². The van der Waals surface area contributed by atoms with Gasteiger partial charge in [-0.05, 0) is 6.92 Å². The molecule has 0 radical (unpaired) electrons. The molecule has 0 aromatic rings. The van der Waals surface area contributed by atoms with E-state index in [0.29, 0.717) is 0 Å². The van der Waals surface area contributed by atoms with E-state index in [1.807, 2.05) is 0 Å². The summed E-state index contributed by atoms with van der Waals surface area (Å²) in [5.74, 6) is -3.54. The quantitative estimate of drug-likeness (QED) is 0.362. The summed E-state index contributed by atoms with van der Waals surface area (Å²) in [7, 11) is 0. The van der Waals surface area contributed by atoms with Crippen LogP contribution in [0.3, 0.4) is 0 Å². The fourth-order valence-electron chi connectivity index (χ4n) is 0.270. The van der Waals surface area contributed by atoms with Crippen molar-refractivity contribution in [3.63, 3.8) is 0 Å².